The smallest absolute Gasteiger partial charge is 0.251 e. The van der Waals surface area contributed by atoms with Crippen molar-refractivity contribution in [3.8, 4) is 0 Å². The van der Waals surface area contributed by atoms with Gasteiger partial charge in [-0.3, -0.25) is 4.79 Å². The lowest BCUT2D eigenvalue weighted by Gasteiger charge is -2.19. The summed E-state index contributed by atoms with van der Waals surface area (Å²) in [5.74, 6) is 0.0966. The summed E-state index contributed by atoms with van der Waals surface area (Å²) in [4.78, 5) is 11.7. The van der Waals surface area contributed by atoms with Gasteiger partial charge in [-0.2, -0.15) is 0 Å². The van der Waals surface area contributed by atoms with Crippen molar-refractivity contribution in [1.29, 1.82) is 0 Å². The predicted molar refractivity (Wildman–Crippen MR) is 92.1 cm³/mol. The lowest BCUT2D eigenvalue weighted by Crippen LogP contribution is -2.30. The van der Waals surface area contributed by atoms with E-state index in [1.165, 1.54) is 31.3 Å². The van der Waals surface area contributed by atoms with Gasteiger partial charge in [0.15, 0.2) is 0 Å². The SMILES string of the molecule is CNC(=O)c1ccc(S(=O)(=O)N[C@H](c2ccccc2)C2CC2)cc1. The van der Waals surface area contributed by atoms with Crippen molar-refractivity contribution in [2.75, 3.05) is 7.05 Å². The Morgan fingerprint density at radius 2 is 1.67 bits per heavy atom. The van der Waals surface area contributed by atoms with Crippen LogP contribution in [-0.2, 0) is 10.0 Å². The monoisotopic (exact) mass is 344 g/mol. The van der Waals surface area contributed by atoms with Gasteiger partial charge < -0.3 is 5.32 Å². The van der Waals surface area contributed by atoms with Crippen LogP contribution in [0.15, 0.2) is 59.5 Å². The predicted octanol–water partition coefficient (Wildman–Crippen LogP) is 2.48. The molecule has 1 amide bonds. The van der Waals surface area contributed by atoms with E-state index in [9.17, 15) is 13.2 Å². The number of carbonyl (C=O) groups excluding carboxylic acids is 1. The molecule has 2 aromatic carbocycles. The van der Waals surface area contributed by atoms with E-state index in [2.05, 4.69) is 10.0 Å². The topological polar surface area (TPSA) is 75.3 Å². The summed E-state index contributed by atoms with van der Waals surface area (Å²) in [6, 6.07) is 15.4. The first-order valence-corrected chi connectivity index (χ1v) is 9.39. The minimum Gasteiger partial charge on any atom is -0.355 e. The molecule has 5 nitrogen and oxygen atoms in total. The molecule has 0 unspecified atom stereocenters. The van der Waals surface area contributed by atoms with Gasteiger partial charge >= 0.3 is 0 Å². The minimum atomic E-state index is -3.64. The molecule has 1 aliphatic carbocycles. The molecule has 1 aliphatic rings. The highest BCUT2D eigenvalue weighted by molar-refractivity contribution is 7.89. The fourth-order valence-electron chi connectivity index (χ4n) is 2.69. The molecule has 1 atom stereocenters. The Bertz CT molecular complexity index is 813. The van der Waals surface area contributed by atoms with Crippen LogP contribution in [0.2, 0.25) is 0 Å². The summed E-state index contributed by atoms with van der Waals surface area (Å²) in [7, 11) is -2.11. The van der Waals surface area contributed by atoms with Crippen molar-refractivity contribution in [3.63, 3.8) is 0 Å². The Kier molecular flexibility index (Phi) is 4.69. The van der Waals surface area contributed by atoms with Crippen molar-refractivity contribution in [3.05, 3.63) is 65.7 Å². The summed E-state index contributed by atoms with van der Waals surface area (Å²) in [5.41, 5.74) is 1.41. The van der Waals surface area contributed by atoms with E-state index in [4.69, 9.17) is 0 Å². The maximum absolute atomic E-state index is 12.7. The van der Waals surface area contributed by atoms with Gasteiger partial charge in [0.2, 0.25) is 10.0 Å². The zero-order valence-corrected chi connectivity index (χ0v) is 14.2. The Morgan fingerprint density at radius 1 is 1.04 bits per heavy atom. The third-order valence-corrected chi connectivity index (χ3v) is 5.65. The number of rotatable bonds is 6. The second-order valence-electron chi connectivity index (χ2n) is 5.95. The van der Waals surface area contributed by atoms with E-state index >= 15 is 0 Å². The first kappa shape index (κ1) is 16.7. The van der Waals surface area contributed by atoms with Crippen LogP contribution in [0.25, 0.3) is 0 Å². The van der Waals surface area contributed by atoms with Crippen LogP contribution < -0.4 is 10.0 Å². The van der Waals surface area contributed by atoms with Crippen LogP contribution in [0.1, 0.15) is 34.8 Å². The lowest BCUT2D eigenvalue weighted by atomic mass is 10.0. The third-order valence-electron chi connectivity index (χ3n) is 4.19. The second-order valence-corrected chi connectivity index (χ2v) is 7.66. The average molecular weight is 344 g/mol. The molecule has 2 N–H and O–H groups in total. The summed E-state index contributed by atoms with van der Waals surface area (Å²) >= 11 is 0. The van der Waals surface area contributed by atoms with E-state index in [-0.39, 0.29) is 16.8 Å². The van der Waals surface area contributed by atoms with Gasteiger partial charge in [-0.15, -0.1) is 0 Å². The van der Waals surface area contributed by atoms with Gasteiger partial charge in [-0.1, -0.05) is 30.3 Å². The summed E-state index contributed by atoms with van der Waals surface area (Å²) in [5, 5.41) is 2.51. The molecule has 0 heterocycles. The highest BCUT2D eigenvalue weighted by Gasteiger charge is 2.35. The van der Waals surface area contributed by atoms with Crippen LogP contribution in [0.4, 0.5) is 0 Å². The molecule has 6 heteroatoms. The molecule has 0 aromatic heterocycles. The van der Waals surface area contributed by atoms with E-state index < -0.39 is 10.0 Å². The van der Waals surface area contributed by atoms with Crippen molar-refractivity contribution < 1.29 is 13.2 Å². The van der Waals surface area contributed by atoms with E-state index in [1.54, 1.807) is 0 Å². The van der Waals surface area contributed by atoms with Gasteiger partial charge in [-0.25, -0.2) is 13.1 Å². The van der Waals surface area contributed by atoms with Crippen LogP contribution >= 0.6 is 0 Å². The van der Waals surface area contributed by atoms with Crippen molar-refractivity contribution in [2.45, 2.75) is 23.8 Å². The molecule has 0 saturated heterocycles. The van der Waals surface area contributed by atoms with E-state index in [0.29, 0.717) is 11.5 Å². The number of hydrogen-bond donors (Lipinski definition) is 2. The molecule has 2 aromatic rings. The van der Waals surface area contributed by atoms with Crippen LogP contribution in [0.5, 0.6) is 0 Å². The summed E-state index contributed by atoms with van der Waals surface area (Å²) in [6.45, 7) is 0. The largest absolute Gasteiger partial charge is 0.355 e. The molecular weight excluding hydrogens is 324 g/mol. The molecule has 0 spiro atoms. The first-order valence-electron chi connectivity index (χ1n) is 7.90. The number of hydrogen-bond acceptors (Lipinski definition) is 3. The van der Waals surface area contributed by atoms with Gasteiger partial charge in [0.1, 0.15) is 0 Å². The number of amides is 1. The van der Waals surface area contributed by atoms with Crippen molar-refractivity contribution >= 4 is 15.9 Å². The molecule has 3 rings (SSSR count). The quantitative estimate of drug-likeness (QED) is 0.845. The molecule has 1 fully saturated rings. The fraction of sp³-hybridized carbons (Fsp3) is 0.278. The average Bonchev–Trinajstić information content (AvgIpc) is 3.45. The number of benzene rings is 2. The lowest BCUT2D eigenvalue weighted by molar-refractivity contribution is 0.0963. The highest BCUT2D eigenvalue weighted by Crippen LogP contribution is 2.41. The van der Waals surface area contributed by atoms with Crippen LogP contribution in [0, 0.1) is 5.92 Å². The molecule has 24 heavy (non-hydrogen) atoms. The highest BCUT2D eigenvalue weighted by atomic mass is 32.2. The standard InChI is InChI=1S/C18H20N2O3S/c1-19-18(21)15-9-11-16(12-10-15)24(22,23)20-17(14-7-8-14)13-5-3-2-4-6-13/h2-6,9-12,14,17,20H,7-8H2,1H3,(H,19,21)/t17-/m1/s1. The van der Waals surface area contributed by atoms with Gasteiger partial charge in [0.05, 0.1) is 4.90 Å². The Morgan fingerprint density at radius 3 is 2.21 bits per heavy atom. The maximum atomic E-state index is 12.7. The molecule has 126 valence electrons. The summed E-state index contributed by atoms with van der Waals surface area (Å²) in [6.07, 6.45) is 2.05. The van der Waals surface area contributed by atoms with Gasteiger partial charge in [0.25, 0.3) is 5.91 Å². The van der Waals surface area contributed by atoms with Crippen LogP contribution in [0.3, 0.4) is 0 Å². The Balaban J connectivity index is 1.83. The van der Waals surface area contributed by atoms with Crippen molar-refractivity contribution in [2.24, 2.45) is 5.92 Å². The normalized spacial score (nSPS) is 15.7. The molecule has 0 radical (unpaired) electrons. The van der Waals surface area contributed by atoms with E-state index in [0.717, 1.165) is 18.4 Å². The molecule has 0 aliphatic heterocycles. The van der Waals surface area contributed by atoms with Crippen LogP contribution in [-0.4, -0.2) is 21.4 Å². The fourth-order valence-corrected chi connectivity index (χ4v) is 3.98. The molecular formula is C18H20N2O3S. The Hall–Kier alpha value is -2.18. The minimum absolute atomic E-state index is 0.164. The first-order chi connectivity index (χ1) is 11.5. The number of sulfonamides is 1. The molecule has 1 saturated carbocycles. The summed E-state index contributed by atoms with van der Waals surface area (Å²) < 4.78 is 28.2. The third kappa shape index (κ3) is 3.66. The van der Waals surface area contributed by atoms with Gasteiger partial charge in [0, 0.05) is 18.7 Å². The number of carbonyl (C=O) groups is 1. The van der Waals surface area contributed by atoms with E-state index in [1.807, 2.05) is 30.3 Å². The zero-order valence-electron chi connectivity index (χ0n) is 13.4. The number of nitrogens with one attached hydrogen (secondary N) is 2. The Labute approximate surface area is 142 Å². The van der Waals surface area contributed by atoms with Crippen molar-refractivity contribution in [1.82, 2.24) is 10.0 Å². The van der Waals surface area contributed by atoms with Gasteiger partial charge in [-0.05, 0) is 48.6 Å². The zero-order chi connectivity index (χ0) is 17.2. The maximum Gasteiger partial charge on any atom is 0.251 e. The second kappa shape index (κ2) is 6.75. The molecule has 0 bridgehead atoms.